The normalized spacial score (nSPS) is 13.8. The van der Waals surface area contributed by atoms with Crippen molar-refractivity contribution in [2.24, 2.45) is 0 Å². The van der Waals surface area contributed by atoms with Crippen LogP contribution >= 0.6 is 27.7 Å². The summed E-state index contributed by atoms with van der Waals surface area (Å²) in [7, 11) is 0. The van der Waals surface area contributed by atoms with Crippen molar-refractivity contribution in [3.63, 3.8) is 0 Å². The molecule has 1 nitrogen and oxygen atoms in total. The minimum atomic E-state index is -0.275. The second-order valence-corrected chi connectivity index (χ2v) is 7.57. The van der Waals surface area contributed by atoms with E-state index >= 15 is 0 Å². The van der Waals surface area contributed by atoms with Gasteiger partial charge in [-0.1, -0.05) is 54.9 Å². The Balaban J connectivity index is 2.46. The summed E-state index contributed by atoms with van der Waals surface area (Å²) < 4.78 is 1.30. The van der Waals surface area contributed by atoms with Crippen LogP contribution in [0.4, 0.5) is 0 Å². The first kappa shape index (κ1) is 14.1. The fourth-order valence-corrected chi connectivity index (χ4v) is 2.58. The van der Waals surface area contributed by atoms with Gasteiger partial charge in [-0.15, -0.1) is 0 Å². The Kier molecular flexibility index (Phi) is 5.35. The fraction of sp³-hybridized carbons (Fsp3) is 0.538. The molecule has 0 saturated carbocycles. The molecule has 0 aromatic heterocycles. The van der Waals surface area contributed by atoms with E-state index in [1.54, 1.807) is 11.8 Å². The van der Waals surface area contributed by atoms with E-state index in [1.807, 2.05) is 18.2 Å². The number of hydrogen-bond acceptors (Lipinski definition) is 2. The van der Waals surface area contributed by atoms with Crippen molar-refractivity contribution in [1.29, 1.82) is 0 Å². The Labute approximate surface area is 111 Å². The van der Waals surface area contributed by atoms with E-state index < -0.39 is 0 Å². The van der Waals surface area contributed by atoms with Crippen LogP contribution in [0.2, 0.25) is 0 Å². The maximum absolute atomic E-state index is 9.95. The first-order chi connectivity index (χ1) is 7.38. The molecule has 0 saturated heterocycles. The van der Waals surface area contributed by atoms with Crippen molar-refractivity contribution in [1.82, 2.24) is 0 Å². The molecule has 1 rings (SSSR count). The summed E-state index contributed by atoms with van der Waals surface area (Å²) in [6, 6.07) is 8.06. The zero-order chi connectivity index (χ0) is 12.2. The maximum atomic E-state index is 9.95. The van der Waals surface area contributed by atoms with Gasteiger partial charge < -0.3 is 5.11 Å². The second-order valence-electron chi connectivity index (χ2n) is 4.87. The zero-order valence-corrected chi connectivity index (χ0v) is 12.4. The highest BCUT2D eigenvalue weighted by Gasteiger charge is 2.14. The van der Waals surface area contributed by atoms with E-state index in [-0.39, 0.29) is 10.9 Å². The monoisotopic (exact) mass is 302 g/mol. The molecule has 0 spiro atoms. The van der Waals surface area contributed by atoms with Crippen molar-refractivity contribution in [2.75, 3.05) is 5.75 Å². The summed E-state index contributed by atoms with van der Waals surface area (Å²) in [5.41, 5.74) is 1.17. The van der Waals surface area contributed by atoms with Gasteiger partial charge in [0.1, 0.15) is 0 Å². The number of rotatable bonds is 4. The molecule has 0 aliphatic heterocycles. The molecular weight excluding hydrogens is 284 g/mol. The third kappa shape index (κ3) is 5.37. The Hall–Kier alpha value is 0.01000. The lowest BCUT2D eigenvalue weighted by Gasteiger charge is -2.20. The van der Waals surface area contributed by atoms with Crippen molar-refractivity contribution < 1.29 is 5.11 Å². The highest BCUT2D eigenvalue weighted by molar-refractivity contribution is 9.10. The number of benzene rings is 1. The van der Waals surface area contributed by atoms with Crippen molar-refractivity contribution in [2.45, 2.75) is 38.0 Å². The molecule has 90 valence electrons. The van der Waals surface area contributed by atoms with Gasteiger partial charge >= 0.3 is 0 Å². The summed E-state index contributed by atoms with van der Waals surface area (Å²) in [4.78, 5) is 0. The van der Waals surface area contributed by atoms with Crippen molar-refractivity contribution in [3.05, 3.63) is 34.3 Å². The highest BCUT2D eigenvalue weighted by atomic mass is 79.9. The van der Waals surface area contributed by atoms with E-state index in [9.17, 15) is 5.11 Å². The van der Waals surface area contributed by atoms with E-state index in [4.69, 9.17) is 0 Å². The van der Waals surface area contributed by atoms with Gasteiger partial charge in [-0.05, 0) is 11.6 Å². The molecule has 0 radical (unpaired) electrons. The predicted octanol–water partition coefficient (Wildman–Crippen LogP) is 3.88. The molecule has 16 heavy (non-hydrogen) atoms. The first-order valence-corrected chi connectivity index (χ1v) is 7.22. The third-order valence-corrected chi connectivity index (χ3v) is 4.31. The molecule has 1 aromatic rings. The van der Waals surface area contributed by atoms with Crippen LogP contribution in [-0.4, -0.2) is 21.7 Å². The van der Waals surface area contributed by atoms with Crippen LogP contribution < -0.4 is 0 Å². The van der Waals surface area contributed by atoms with Crippen LogP contribution in [0.3, 0.4) is 0 Å². The van der Waals surface area contributed by atoms with Crippen molar-refractivity contribution >= 4 is 27.7 Å². The predicted molar refractivity (Wildman–Crippen MR) is 76.1 cm³/mol. The third-order valence-electron chi connectivity index (χ3n) is 2.12. The summed E-state index contributed by atoms with van der Waals surface area (Å²) >= 11 is 5.30. The molecule has 0 amide bonds. The van der Waals surface area contributed by atoms with E-state index in [0.717, 1.165) is 10.2 Å². The molecule has 0 aliphatic rings. The lowest BCUT2D eigenvalue weighted by Crippen LogP contribution is -2.19. The Morgan fingerprint density at radius 3 is 2.50 bits per heavy atom. The van der Waals surface area contributed by atoms with Crippen LogP contribution in [0.1, 0.15) is 26.3 Å². The Morgan fingerprint density at radius 2 is 1.94 bits per heavy atom. The molecule has 1 N–H and O–H groups in total. The van der Waals surface area contributed by atoms with Crippen molar-refractivity contribution in [3.8, 4) is 0 Å². The number of thioether (sulfide) groups is 1. The highest BCUT2D eigenvalue weighted by Crippen LogP contribution is 2.25. The molecule has 0 bridgehead atoms. The molecule has 0 fully saturated rings. The zero-order valence-electron chi connectivity index (χ0n) is 10.0. The summed E-state index contributed by atoms with van der Waals surface area (Å²) in [5, 5.41) is 9.95. The molecule has 1 atom stereocenters. The molecular formula is C13H19BrOS. The minimum Gasteiger partial charge on any atom is -0.392 e. The van der Waals surface area contributed by atoms with Gasteiger partial charge in [-0.25, -0.2) is 0 Å². The van der Waals surface area contributed by atoms with Gasteiger partial charge in [0, 0.05) is 21.4 Å². The maximum Gasteiger partial charge on any atom is 0.0671 e. The van der Waals surface area contributed by atoms with Crippen LogP contribution in [0.5, 0.6) is 0 Å². The SMILES string of the molecule is CC(C)(C)SCC(O)Cc1ccccc1Br. The van der Waals surface area contributed by atoms with Crippen LogP contribution in [-0.2, 0) is 6.42 Å². The number of aliphatic hydroxyl groups excluding tert-OH is 1. The summed E-state index contributed by atoms with van der Waals surface area (Å²) in [6.45, 7) is 6.51. The lowest BCUT2D eigenvalue weighted by molar-refractivity contribution is 0.199. The number of halogens is 1. The summed E-state index contributed by atoms with van der Waals surface area (Å²) in [6.07, 6.45) is 0.438. The average Bonchev–Trinajstić information content (AvgIpc) is 2.18. The van der Waals surface area contributed by atoms with E-state index in [2.05, 4.69) is 42.8 Å². The van der Waals surface area contributed by atoms with Crippen LogP contribution in [0.15, 0.2) is 28.7 Å². The van der Waals surface area contributed by atoms with Gasteiger partial charge in [0.05, 0.1) is 6.10 Å². The molecule has 1 aromatic carbocycles. The molecule has 0 heterocycles. The first-order valence-electron chi connectivity index (χ1n) is 5.44. The fourth-order valence-electron chi connectivity index (χ4n) is 1.32. The van der Waals surface area contributed by atoms with Crippen LogP contribution in [0.25, 0.3) is 0 Å². The summed E-state index contributed by atoms with van der Waals surface area (Å²) in [5.74, 6) is 0.783. The topological polar surface area (TPSA) is 20.2 Å². The Morgan fingerprint density at radius 1 is 1.31 bits per heavy atom. The van der Waals surface area contributed by atoms with Gasteiger partial charge in [-0.3, -0.25) is 0 Å². The second kappa shape index (κ2) is 6.08. The van der Waals surface area contributed by atoms with Gasteiger partial charge in [0.15, 0.2) is 0 Å². The molecule has 1 unspecified atom stereocenters. The largest absolute Gasteiger partial charge is 0.392 e. The van der Waals surface area contributed by atoms with E-state index in [0.29, 0.717) is 6.42 Å². The smallest absolute Gasteiger partial charge is 0.0671 e. The molecule has 3 heteroatoms. The standard InChI is InChI=1S/C13H19BrOS/c1-13(2,3)16-9-11(15)8-10-6-4-5-7-12(10)14/h4-7,11,15H,8-9H2,1-3H3. The number of aliphatic hydroxyl groups is 1. The van der Waals surface area contributed by atoms with Gasteiger partial charge in [0.2, 0.25) is 0 Å². The van der Waals surface area contributed by atoms with Crippen LogP contribution in [0, 0.1) is 0 Å². The number of hydrogen-bond donors (Lipinski definition) is 1. The van der Waals surface area contributed by atoms with Gasteiger partial charge in [-0.2, -0.15) is 11.8 Å². The average molecular weight is 303 g/mol. The molecule has 0 aliphatic carbocycles. The lowest BCUT2D eigenvalue weighted by atomic mass is 10.1. The van der Waals surface area contributed by atoms with E-state index in [1.165, 1.54) is 5.56 Å². The van der Waals surface area contributed by atoms with Gasteiger partial charge in [0.25, 0.3) is 0 Å². The quantitative estimate of drug-likeness (QED) is 0.911. The Bertz CT molecular complexity index is 333. The minimum absolute atomic E-state index is 0.217.